The summed E-state index contributed by atoms with van der Waals surface area (Å²) in [7, 11) is 0. The maximum atomic E-state index is 12.1. The van der Waals surface area contributed by atoms with Crippen molar-refractivity contribution in [3.05, 3.63) is 29.8 Å². The molecule has 1 aromatic rings. The van der Waals surface area contributed by atoms with Gasteiger partial charge < -0.3 is 10.6 Å². The summed E-state index contributed by atoms with van der Waals surface area (Å²) in [5.41, 5.74) is 1.39. The highest BCUT2D eigenvalue weighted by molar-refractivity contribution is 5.95. The molecule has 2 N–H and O–H groups in total. The molecule has 3 aliphatic rings. The predicted octanol–water partition coefficient (Wildman–Crippen LogP) is 3.06. The number of carbonyl (C=O) groups is 2. The maximum Gasteiger partial charge on any atom is 0.319 e. The van der Waals surface area contributed by atoms with E-state index >= 15 is 0 Å². The van der Waals surface area contributed by atoms with Crippen molar-refractivity contribution in [2.75, 3.05) is 5.32 Å². The number of carbonyl (C=O) groups excluding carboxylic acids is 2. The molecule has 3 fully saturated rings. The molecule has 1 aromatic carbocycles. The lowest BCUT2D eigenvalue weighted by Crippen LogP contribution is -2.33. The standard InChI is InChI=1S/C17H20N2O2/c1-9(20)10-4-6-13(7-5-10)18-17(21)19-16-14-11-2-3-12(8-11)15(14)16/h4-7,11-12,14-16H,2-3,8H2,1H3,(H2,18,19,21). The quantitative estimate of drug-likeness (QED) is 0.838. The molecule has 4 atom stereocenters. The van der Waals surface area contributed by atoms with Crippen LogP contribution in [0.25, 0.3) is 0 Å². The van der Waals surface area contributed by atoms with E-state index < -0.39 is 0 Å². The number of Topliss-reactive ketones (excluding diaryl/α,β-unsaturated/α-hetero) is 1. The van der Waals surface area contributed by atoms with Gasteiger partial charge in [0.2, 0.25) is 0 Å². The summed E-state index contributed by atoms with van der Waals surface area (Å²) in [6.45, 7) is 1.54. The van der Waals surface area contributed by atoms with E-state index in [0.29, 0.717) is 11.6 Å². The number of hydrogen-bond acceptors (Lipinski definition) is 2. The molecule has 4 nitrogen and oxygen atoms in total. The van der Waals surface area contributed by atoms with Crippen molar-refractivity contribution >= 4 is 17.5 Å². The second-order valence-corrected chi connectivity index (χ2v) is 6.75. The topological polar surface area (TPSA) is 58.2 Å². The average molecular weight is 284 g/mol. The molecule has 0 saturated heterocycles. The second-order valence-electron chi connectivity index (χ2n) is 6.75. The van der Waals surface area contributed by atoms with Crippen molar-refractivity contribution < 1.29 is 9.59 Å². The van der Waals surface area contributed by atoms with Gasteiger partial charge in [-0.3, -0.25) is 4.79 Å². The van der Waals surface area contributed by atoms with Crippen LogP contribution in [0.4, 0.5) is 10.5 Å². The Morgan fingerprint density at radius 2 is 1.67 bits per heavy atom. The van der Waals surface area contributed by atoms with Gasteiger partial charge in [-0.2, -0.15) is 0 Å². The number of fused-ring (bicyclic) bond motifs is 5. The van der Waals surface area contributed by atoms with Gasteiger partial charge in [0, 0.05) is 17.3 Å². The fourth-order valence-electron chi connectivity index (χ4n) is 4.63. The normalized spacial score (nSPS) is 35.2. The first-order valence-electron chi connectivity index (χ1n) is 7.82. The van der Waals surface area contributed by atoms with Crippen molar-refractivity contribution in [2.24, 2.45) is 23.7 Å². The van der Waals surface area contributed by atoms with Crippen LogP contribution in [-0.4, -0.2) is 17.9 Å². The third kappa shape index (κ3) is 2.13. The van der Waals surface area contributed by atoms with Crippen molar-refractivity contribution in [3.63, 3.8) is 0 Å². The van der Waals surface area contributed by atoms with Crippen LogP contribution in [0.1, 0.15) is 36.5 Å². The molecule has 0 aliphatic heterocycles. The van der Waals surface area contributed by atoms with Crippen LogP contribution in [0.15, 0.2) is 24.3 Å². The number of ketones is 1. The lowest BCUT2D eigenvalue weighted by atomic mass is 10.0. The summed E-state index contributed by atoms with van der Waals surface area (Å²) in [4.78, 5) is 23.3. The number of rotatable bonds is 3. The minimum absolute atomic E-state index is 0.0345. The Morgan fingerprint density at radius 3 is 2.24 bits per heavy atom. The van der Waals surface area contributed by atoms with Gasteiger partial charge in [-0.15, -0.1) is 0 Å². The third-order valence-electron chi connectivity index (χ3n) is 5.58. The number of anilines is 1. The highest BCUT2D eigenvalue weighted by Crippen LogP contribution is 2.65. The Hall–Kier alpha value is -1.84. The molecule has 0 aromatic heterocycles. The lowest BCUT2D eigenvalue weighted by Gasteiger charge is -2.11. The SMILES string of the molecule is CC(=O)c1ccc(NC(=O)NC2C3C4CCC(C4)C23)cc1. The summed E-state index contributed by atoms with van der Waals surface area (Å²) < 4.78 is 0. The minimum atomic E-state index is -0.121. The molecule has 0 heterocycles. The monoisotopic (exact) mass is 284 g/mol. The Morgan fingerprint density at radius 1 is 1.05 bits per heavy atom. The van der Waals surface area contributed by atoms with Crippen molar-refractivity contribution in [1.82, 2.24) is 5.32 Å². The summed E-state index contributed by atoms with van der Waals surface area (Å²) in [6, 6.07) is 7.30. The fraction of sp³-hybridized carbons (Fsp3) is 0.529. The first kappa shape index (κ1) is 12.9. The largest absolute Gasteiger partial charge is 0.335 e. The number of nitrogens with one attached hydrogen (secondary N) is 2. The Labute approximate surface area is 124 Å². The zero-order valence-corrected chi connectivity index (χ0v) is 12.1. The molecule has 110 valence electrons. The molecule has 4 unspecified atom stereocenters. The molecular weight excluding hydrogens is 264 g/mol. The molecule has 21 heavy (non-hydrogen) atoms. The smallest absolute Gasteiger partial charge is 0.319 e. The van der Waals surface area contributed by atoms with Gasteiger partial charge >= 0.3 is 6.03 Å². The molecule has 2 bridgehead atoms. The van der Waals surface area contributed by atoms with Gasteiger partial charge in [0.1, 0.15) is 0 Å². The highest BCUT2D eigenvalue weighted by Gasteiger charge is 2.65. The molecule has 3 saturated carbocycles. The maximum absolute atomic E-state index is 12.1. The van der Waals surface area contributed by atoms with Gasteiger partial charge in [0.25, 0.3) is 0 Å². The van der Waals surface area contributed by atoms with E-state index in [2.05, 4.69) is 10.6 Å². The number of urea groups is 1. The van der Waals surface area contributed by atoms with Crippen molar-refractivity contribution in [3.8, 4) is 0 Å². The molecule has 3 aliphatic carbocycles. The molecule has 0 spiro atoms. The van der Waals surface area contributed by atoms with E-state index in [4.69, 9.17) is 0 Å². The van der Waals surface area contributed by atoms with E-state index in [-0.39, 0.29) is 11.8 Å². The first-order chi connectivity index (χ1) is 10.1. The summed E-state index contributed by atoms with van der Waals surface area (Å²) in [6.07, 6.45) is 4.11. The second kappa shape index (κ2) is 4.58. The van der Waals surface area contributed by atoms with Gasteiger partial charge in [0.05, 0.1) is 0 Å². The molecule has 0 radical (unpaired) electrons. The lowest BCUT2D eigenvalue weighted by molar-refractivity contribution is 0.101. The van der Waals surface area contributed by atoms with E-state index in [1.54, 1.807) is 24.3 Å². The Kier molecular flexibility index (Phi) is 2.81. The van der Waals surface area contributed by atoms with Crippen molar-refractivity contribution in [1.29, 1.82) is 0 Å². The van der Waals surface area contributed by atoms with E-state index in [0.717, 1.165) is 29.4 Å². The van der Waals surface area contributed by atoms with Crippen LogP contribution in [0.3, 0.4) is 0 Å². The van der Waals surface area contributed by atoms with Gasteiger partial charge in [-0.25, -0.2) is 4.79 Å². The molecular formula is C17H20N2O2. The summed E-state index contributed by atoms with van der Waals surface area (Å²) in [5, 5.41) is 5.98. The molecule has 4 rings (SSSR count). The zero-order chi connectivity index (χ0) is 14.6. The van der Waals surface area contributed by atoms with Crippen LogP contribution in [-0.2, 0) is 0 Å². The van der Waals surface area contributed by atoms with E-state index in [1.165, 1.54) is 26.2 Å². The molecule has 4 heteroatoms. The highest BCUT2D eigenvalue weighted by atomic mass is 16.2. The van der Waals surface area contributed by atoms with Gasteiger partial charge in [-0.05, 0) is 74.1 Å². The number of benzene rings is 1. The third-order valence-corrected chi connectivity index (χ3v) is 5.58. The first-order valence-corrected chi connectivity index (χ1v) is 7.82. The van der Waals surface area contributed by atoms with Crippen LogP contribution < -0.4 is 10.6 Å². The van der Waals surface area contributed by atoms with Crippen LogP contribution in [0, 0.1) is 23.7 Å². The van der Waals surface area contributed by atoms with Crippen LogP contribution in [0.5, 0.6) is 0 Å². The average Bonchev–Trinajstić information content (AvgIpc) is 2.84. The summed E-state index contributed by atoms with van der Waals surface area (Å²) >= 11 is 0. The number of hydrogen-bond donors (Lipinski definition) is 2. The van der Waals surface area contributed by atoms with Gasteiger partial charge in [0.15, 0.2) is 5.78 Å². The van der Waals surface area contributed by atoms with Crippen molar-refractivity contribution in [2.45, 2.75) is 32.2 Å². The van der Waals surface area contributed by atoms with E-state index in [9.17, 15) is 9.59 Å². The number of amides is 2. The molecule has 2 amide bonds. The van der Waals surface area contributed by atoms with Crippen LogP contribution >= 0.6 is 0 Å². The zero-order valence-electron chi connectivity index (χ0n) is 12.1. The van der Waals surface area contributed by atoms with E-state index in [1.807, 2.05) is 0 Å². The van der Waals surface area contributed by atoms with Crippen LogP contribution in [0.2, 0.25) is 0 Å². The van der Waals surface area contributed by atoms with Gasteiger partial charge in [-0.1, -0.05) is 0 Å². The Bertz CT molecular complexity index is 579. The predicted molar refractivity (Wildman–Crippen MR) is 80.2 cm³/mol. The summed E-state index contributed by atoms with van der Waals surface area (Å²) in [5.74, 6) is 3.25. The fourth-order valence-corrected chi connectivity index (χ4v) is 4.63. The minimum Gasteiger partial charge on any atom is -0.335 e. The Balaban J connectivity index is 1.33.